The normalized spacial score (nSPS) is 10.8. The second-order valence-electron chi connectivity index (χ2n) is 3.38. The topological polar surface area (TPSA) is 38.9 Å². The van der Waals surface area contributed by atoms with Crippen LogP contribution in [0.4, 0.5) is 0 Å². The molecule has 0 amide bonds. The molecule has 2 nitrogen and oxygen atoms in total. The Kier molecular flexibility index (Phi) is 3.51. The van der Waals surface area contributed by atoms with Crippen molar-refractivity contribution in [1.29, 1.82) is 0 Å². The smallest absolute Gasteiger partial charge is 0.0943 e. The molecule has 2 heterocycles. The summed E-state index contributed by atoms with van der Waals surface area (Å²) in [5, 5.41) is 3.30. The molecule has 0 atom stereocenters. The lowest BCUT2D eigenvalue weighted by molar-refractivity contribution is 0.827. The summed E-state index contributed by atoms with van der Waals surface area (Å²) in [6.07, 6.45) is 2.03. The summed E-state index contributed by atoms with van der Waals surface area (Å²) < 4.78 is 0. The summed E-state index contributed by atoms with van der Waals surface area (Å²) in [4.78, 5) is 7.24. The fourth-order valence-electron chi connectivity index (χ4n) is 1.45. The van der Waals surface area contributed by atoms with Gasteiger partial charge in [-0.2, -0.15) is 0 Å². The lowest BCUT2D eigenvalue weighted by Crippen LogP contribution is -1.99. The Labute approximate surface area is 97.8 Å². The number of nitrogens with two attached hydrogens (primary N) is 1. The van der Waals surface area contributed by atoms with Gasteiger partial charge in [0.2, 0.25) is 0 Å². The largest absolute Gasteiger partial charge is 0.330 e. The molecule has 15 heavy (non-hydrogen) atoms. The summed E-state index contributed by atoms with van der Waals surface area (Å²) in [5.41, 5.74) is 6.65. The van der Waals surface area contributed by atoms with Gasteiger partial charge in [0.25, 0.3) is 0 Å². The van der Waals surface area contributed by atoms with Gasteiger partial charge in [-0.25, -0.2) is 4.98 Å². The van der Waals surface area contributed by atoms with Crippen LogP contribution >= 0.6 is 22.7 Å². The Hall–Kier alpha value is -0.710. The number of aryl methyl sites for hydroxylation is 2. The monoisotopic (exact) mass is 238 g/mol. The average Bonchev–Trinajstić information content (AvgIpc) is 2.83. The molecule has 0 aliphatic heterocycles. The van der Waals surface area contributed by atoms with Crippen molar-refractivity contribution in [3.63, 3.8) is 0 Å². The lowest BCUT2D eigenvalue weighted by Gasteiger charge is -1.92. The predicted molar refractivity (Wildman–Crippen MR) is 67.5 cm³/mol. The van der Waals surface area contributed by atoms with Crippen LogP contribution in [0, 0.1) is 6.92 Å². The molecule has 0 aliphatic carbocycles. The molecular formula is C11H14N2S2. The molecular weight excluding hydrogens is 224 g/mol. The van der Waals surface area contributed by atoms with Crippen LogP contribution in [0.5, 0.6) is 0 Å². The van der Waals surface area contributed by atoms with Crippen LogP contribution in [0.1, 0.15) is 16.3 Å². The van der Waals surface area contributed by atoms with Crippen molar-refractivity contribution in [2.24, 2.45) is 5.73 Å². The number of thiazole rings is 1. The molecule has 0 saturated heterocycles. The van der Waals surface area contributed by atoms with E-state index in [1.165, 1.54) is 14.8 Å². The third kappa shape index (κ3) is 2.45. The van der Waals surface area contributed by atoms with Crippen LogP contribution in [0.25, 0.3) is 10.6 Å². The maximum absolute atomic E-state index is 5.49. The molecule has 2 aromatic heterocycles. The van der Waals surface area contributed by atoms with Crippen molar-refractivity contribution in [1.82, 2.24) is 4.98 Å². The van der Waals surface area contributed by atoms with Crippen LogP contribution in [0.2, 0.25) is 0 Å². The molecule has 0 spiro atoms. The third-order valence-corrected chi connectivity index (χ3v) is 4.10. The summed E-state index contributed by atoms with van der Waals surface area (Å²) in [5.74, 6) is 0. The van der Waals surface area contributed by atoms with E-state index in [0.717, 1.165) is 25.1 Å². The van der Waals surface area contributed by atoms with Crippen molar-refractivity contribution in [2.45, 2.75) is 19.8 Å². The molecule has 4 heteroatoms. The number of aromatic nitrogens is 1. The highest BCUT2D eigenvalue weighted by atomic mass is 32.1. The van der Waals surface area contributed by atoms with Gasteiger partial charge in [0.05, 0.1) is 15.6 Å². The Bertz CT molecular complexity index is 418. The van der Waals surface area contributed by atoms with E-state index in [1.54, 1.807) is 22.7 Å². The minimum absolute atomic E-state index is 0.743. The van der Waals surface area contributed by atoms with Gasteiger partial charge in [0, 0.05) is 11.3 Å². The minimum atomic E-state index is 0.743. The van der Waals surface area contributed by atoms with Crippen molar-refractivity contribution in [3.8, 4) is 10.6 Å². The molecule has 2 N–H and O–H groups in total. The highest BCUT2D eigenvalue weighted by Gasteiger charge is 2.09. The molecule has 80 valence electrons. The van der Waals surface area contributed by atoms with Gasteiger partial charge in [-0.05, 0) is 31.3 Å². The van der Waals surface area contributed by atoms with E-state index in [4.69, 9.17) is 5.73 Å². The Balaban J connectivity index is 2.22. The molecule has 0 unspecified atom stereocenters. The zero-order chi connectivity index (χ0) is 10.7. The zero-order valence-corrected chi connectivity index (χ0v) is 10.3. The molecule has 0 bridgehead atoms. The second kappa shape index (κ2) is 4.88. The fourth-order valence-corrected chi connectivity index (χ4v) is 3.28. The van der Waals surface area contributed by atoms with Crippen LogP contribution in [0.3, 0.4) is 0 Å². The number of hydrogen-bond acceptors (Lipinski definition) is 4. The third-order valence-electron chi connectivity index (χ3n) is 2.19. The van der Waals surface area contributed by atoms with E-state index >= 15 is 0 Å². The minimum Gasteiger partial charge on any atom is -0.330 e. The number of thiophene rings is 1. The summed E-state index contributed by atoms with van der Waals surface area (Å²) in [7, 11) is 0. The van der Waals surface area contributed by atoms with E-state index in [9.17, 15) is 0 Å². The average molecular weight is 238 g/mol. The zero-order valence-electron chi connectivity index (χ0n) is 8.69. The van der Waals surface area contributed by atoms with Crippen LogP contribution in [0.15, 0.2) is 17.5 Å². The first kappa shape index (κ1) is 10.8. The van der Waals surface area contributed by atoms with Gasteiger partial charge < -0.3 is 5.73 Å². The highest BCUT2D eigenvalue weighted by Crippen LogP contribution is 2.30. The predicted octanol–water partition coefficient (Wildman–Crippen LogP) is 3.07. The first-order valence-corrected chi connectivity index (χ1v) is 6.71. The van der Waals surface area contributed by atoms with Gasteiger partial charge in [0.1, 0.15) is 0 Å². The van der Waals surface area contributed by atoms with Crippen molar-refractivity contribution >= 4 is 22.7 Å². The first-order valence-electron chi connectivity index (χ1n) is 5.01. The SMILES string of the molecule is Cc1sc(CCCN)nc1-c1cccs1. The van der Waals surface area contributed by atoms with Gasteiger partial charge in [-0.15, -0.1) is 22.7 Å². The molecule has 0 radical (unpaired) electrons. The summed E-state index contributed by atoms with van der Waals surface area (Å²) >= 11 is 3.54. The van der Waals surface area contributed by atoms with E-state index < -0.39 is 0 Å². The maximum atomic E-state index is 5.49. The molecule has 2 rings (SSSR count). The Morgan fingerprint density at radius 1 is 1.47 bits per heavy atom. The maximum Gasteiger partial charge on any atom is 0.0943 e. The van der Waals surface area contributed by atoms with Crippen molar-refractivity contribution < 1.29 is 0 Å². The van der Waals surface area contributed by atoms with Crippen molar-refractivity contribution in [3.05, 3.63) is 27.4 Å². The van der Waals surface area contributed by atoms with Gasteiger partial charge in [0.15, 0.2) is 0 Å². The molecule has 0 aliphatic rings. The first-order chi connectivity index (χ1) is 7.31. The standard InChI is InChI=1S/C11H14N2S2/c1-8-11(9-4-3-7-14-9)13-10(15-8)5-2-6-12/h3-4,7H,2,5-6,12H2,1H3. The molecule has 0 saturated carbocycles. The highest BCUT2D eigenvalue weighted by molar-refractivity contribution is 7.15. The van der Waals surface area contributed by atoms with Crippen molar-refractivity contribution in [2.75, 3.05) is 6.54 Å². The Morgan fingerprint density at radius 3 is 3.00 bits per heavy atom. The molecule has 0 aromatic carbocycles. The van der Waals surface area contributed by atoms with Crippen LogP contribution < -0.4 is 5.73 Å². The van der Waals surface area contributed by atoms with Crippen LogP contribution in [-0.2, 0) is 6.42 Å². The Morgan fingerprint density at radius 2 is 2.33 bits per heavy atom. The molecule has 0 fully saturated rings. The number of hydrogen-bond donors (Lipinski definition) is 1. The van der Waals surface area contributed by atoms with Gasteiger partial charge in [-0.3, -0.25) is 0 Å². The van der Waals surface area contributed by atoms with E-state index in [2.05, 4.69) is 29.4 Å². The summed E-state index contributed by atoms with van der Waals surface area (Å²) in [6.45, 7) is 2.88. The quantitative estimate of drug-likeness (QED) is 0.889. The summed E-state index contributed by atoms with van der Waals surface area (Å²) in [6, 6.07) is 4.19. The number of nitrogens with zero attached hydrogens (tertiary/aromatic N) is 1. The van der Waals surface area contributed by atoms with E-state index in [-0.39, 0.29) is 0 Å². The van der Waals surface area contributed by atoms with E-state index in [1.807, 2.05) is 0 Å². The van der Waals surface area contributed by atoms with Gasteiger partial charge >= 0.3 is 0 Å². The van der Waals surface area contributed by atoms with E-state index in [0.29, 0.717) is 0 Å². The number of rotatable bonds is 4. The van der Waals surface area contributed by atoms with Gasteiger partial charge in [-0.1, -0.05) is 6.07 Å². The fraction of sp³-hybridized carbons (Fsp3) is 0.364. The lowest BCUT2D eigenvalue weighted by atomic mass is 10.3. The second-order valence-corrected chi connectivity index (χ2v) is 5.62. The van der Waals surface area contributed by atoms with Crippen LogP contribution in [-0.4, -0.2) is 11.5 Å². The molecule has 2 aromatic rings.